The molecule has 0 amide bonds. The van der Waals surface area contributed by atoms with Gasteiger partial charge in [0, 0.05) is 6.07 Å². The lowest BCUT2D eigenvalue weighted by atomic mass is 10.00. The van der Waals surface area contributed by atoms with Crippen molar-refractivity contribution in [1.82, 2.24) is 0 Å². The number of carbonyl (C=O) groups excluding carboxylic acids is 1. The van der Waals surface area contributed by atoms with Crippen LogP contribution in [0.3, 0.4) is 0 Å². The van der Waals surface area contributed by atoms with E-state index in [1.807, 2.05) is 0 Å². The van der Waals surface area contributed by atoms with Gasteiger partial charge in [0.05, 0.1) is 14.2 Å². The number of esters is 1. The van der Waals surface area contributed by atoms with E-state index in [0.717, 1.165) is 5.56 Å². The zero-order chi connectivity index (χ0) is 15.9. The third kappa shape index (κ3) is 3.97. The van der Waals surface area contributed by atoms with Crippen LogP contribution in [0.4, 0.5) is 4.39 Å². The number of ether oxygens (including phenoxy) is 3. The van der Waals surface area contributed by atoms with Crippen molar-refractivity contribution < 1.29 is 23.4 Å². The maximum atomic E-state index is 13.1. The van der Waals surface area contributed by atoms with Crippen LogP contribution < -0.4 is 9.47 Å². The van der Waals surface area contributed by atoms with Crippen molar-refractivity contribution in [2.75, 3.05) is 20.8 Å². The number of halogens is 1. The van der Waals surface area contributed by atoms with Crippen LogP contribution in [0.1, 0.15) is 11.5 Å². The smallest absolute Gasteiger partial charge is 0.316 e. The second-order valence-corrected chi connectivity index (χ2v) is 4.62. The minimum Gasteiger partial charge on any atom is -0.497 e. The highest BCUT2D eigenvalue weighted by molar-refractivity contribution is 5.78. The van der Waals surface area contributed by atoms with Gasteiger partial charge in [0.25, 0.3) is 0 Å². The molecule has 116 valence electrons. The first-order chi connectivity index (χ1) is 10.6. The average Bonchev–Trinajstić information content (AvgIpc) is 2.55. The molecule has 0 aliphatic heterocycles. The lowest BCUT2D eigenvalue weighted by Crippen LogP contribution is -2.21. The number of benzene rings is 2. The van der Waals surface area contributed by atoms with Gasteiger partial charge in [0.2, 0.25) is 0 Å². The van der Waals surface area contributed by atoms with E-state index in [9.17, 15) is 9.18 Å². The first kappa shape index (κ1) is 15.8. The van der Waals surface area contributed by atoms with E-state index >= 15 is 0 Å². The number of methoxy groups -OCH3 is 2. The van der Waals surface area contributed by atoms with Crippen LogP contribution in [0, 0.1) is 5.82 Å². The Morgan fingerprint density at radius 3 is 2.41 bits per heavy atom. The quantitative estimate of drug-likeness (QED) is 0.769. The molecule has 2 aromatic carbocycles. The van der Waals surface area contributed by atoms with Gasteiger partial charge < -0.3 is 14.2 Å². The van der Waals surface area contributed by atoms with Crippen LogP contribution in [0.25, 0.3) is 0 Å². The second-order valence-electron chi connectivity index (χ2n) is 4.62. The third-order valence-electron chi connectivity index (χ3n) is 3.22. The van der Waals surface area contributed by atoms with E-state index in [-0.39, 0.29) is 6.61 Å². The number of rotatable bonds is 6. The van der Waals surface area contributed by atoms with E-state index in [1.165, 1.54) is 19.2 Å². The van der Waals surface area contributed by atoms with Gasteiger partial charge in [-0.2, -0.15) is 0 Å². The van der Waals surface area contributed by atoms with Crippen LogP contribution in [0.2, 0.25) is 0 Å². The Morgan fingerprint density at radius 1 is 1.09 bits per heavy atom. The van der Waals surface area contributed by atoms with Gasteiger partial charge in [-0.15, -0.1) is 0 Å². The molecule has 1 unspecified atom stereocenters. The fourth-order valence-corrected chi connectivity index (χ4v) is 2.02. The molecule has 0 heterocycles. The molecule has 5 heteroatoms. The lowest BCUT2D eigenvalue weighted by molar-refractivity contribution is -0.143. The minimum atomic E-state index is -0.598. The molecule has 1 atom stereocenters. The summed E-state index contributed by atoms with van der Waals surface area (Å²) in [5.74, 6) is -0.349. The number of hydrogen-bond acceptors (Lipinski definition) is 4. The summed E-state index contributed by atoms with van der Waals surface area (Å²) in [5, 5.41) is 0. The summed E-state index contributed by atoms with van der Waals surface area (Å²) in [6.45, 7) is 0.0580. The molecule has 4 nitrogen and oxygen atoms in total. The summed E-state index contributed by atoms with van der Waals surface area (Å²) >= 11 is 0. The molecule has 0 radical (unpaired) electrons. The standard InChI is InChI=1S/C17H17FO4/c1-20-14-8-6-12(7-9-14)16(17(19)21-2)11-22-15-5-3-4-13(18)10-15/h3-10,16H,11H2,1-2H3. The fourth-order valence-electron chi connectivity index (χ4n) is 2.02. The Bertz CT molecular complexity index is 625. The maximum Gasteiger partial charge on any atom is 0.316 e. The molecule has 0 saturated heterocycles. The van der Waals surface area contributed by atoms with Gasteiger partial charge in [0.1, 0.15) is 29.8 Å². The molecule has 0 spiro atoms. The maximum absolute atomic E-state index is 13.1. The highest BCUT2D eigenvalue weighted by Gasteiger charge is 2.22. The topological polar surface area (TPSA) is 44.8 Å². The fraction of sp³-hybridized carbons (Fsp3) is 0.235. The molecule has 0 bridgehead atoms. The summed E-state index contributed by atoms with van der Waals surface area (Å²) < 4.78 is 28.5. The lowest BCUT2D eigenvalue weighted by Gasteiger charge is -2.16. The molecule has 0 N–H and O–H groups in total. The monoisotopic (exact) mass is 304 g/mol. The highest BCUT2D eigenvalue weighted by atomic mass is 19.1. The van der Waals surface area contributed by atoms with E-state index in [0.29, 0.717) is 11.5 Å². The Labute approximate surface area is 128 Å². The molecule has 2 aromatic rings. The third-order valence-corrected chi connectivity index (χ3v) is 3.22. The molecule has 0 fully saturated rings. The van der Waals surface area contributed by atoms with Crippen molar-refractivity contribution in [3.05, 3.63) is 59.9 Å². The predicted molar refractivity (Wildman–Crippen MR) is 79.6 cm³/mol. The van der Waals surface area contributed by atoms with Crippen LogP contribution in [-0.4, -0.2) is 26.8 Å². The first-order valence-corrected chi connectivity index (χ1v) is 6.74. The zero-order valence-electron chi connectivity index (χ0n) is 12.4. The predicted octanol–water partition coefficient (Wildman–Crippen LogP) is 3.17. The van der Waals surface area contributed by atoms with E-state index in [4.69, 9.17) is 14.2 Å². The largest absolute Gasteiger partial charge is 0.497 e. The van der Waals surface area contributed by atoms with Gasteiger partial charge in [-0.1, -0.05) is 18.2 Å². The minimum absolute atomic E-state index is 0.0580. The van der Waals surface area contributed by atoms with E-state index < -0.39 is 17.7 Å². The zero-order valence-corrected chi connectivity index (χ0v) is 12.4. The Morgan fingerprint density at radius 2 is 1.82 bits per heavy atom. The van der Waals surface area contributed by atoms with Crippen LogP contribution in [0.15, 0.2) is 48.5 Å². The average molecular weight is 304 g/mol. The molecular formula is C17H17FO4. The normalized spacial score (nSPS) is 11.6. The van der Waals surface area contributed by atoms with Crippen molar-refractivity contribution in [3.8, 4) is 11.5 Å². The Kier molecular flexibility index (Phi) is 5.36. The molecule has 0 aliphatic rings. The first-order valence-electron chi connectivity index (χ1n) is 6.74. The summed E-state index contributed by atoms with van der Waals surface area (Å²) in [6, 6.07) is 12.8. The van der Waals surface area contributed by atoms with Crippen LogP contribution in [-0.2, 0) is 9.53 Å². The van der Waals surface area contributed by atoms with Crippen molar-refractivity contribution in [2.45, 2.75) is 5.92 Å². The molecule has 2 rings (SSSR count). The van der Waals surface area contributed by atoms with Crippen LogP contribution >= 0.6 is 0 Å². The van der Waals surface area contributed by atoms with Gasteiger partial charge in [-0.25, -0.2) is 4.39 Å². The molecule has 0 saturated carbocycles. The van der Waals surface area contributed by atoms with Gasteiger partial charge in [-0.3, -0.25) is 4.79 Å². The number of carbonyl (C=O) groups is 1. The van der Waals surface area contributed by atoms with Crippen molar-refractivity contribution in [1.29, 1.82) is 0 Å². The van der Waals surface area contributed by atoms with Gasteiger partial charge in [-0.05, 0) is 29.8 Å². The molecule has 22 heavy (non-hydrogen) atoms. The van der Waals surface area contributed by atoms with E-state index in [2.05, 4.69) is 0 Å². The number of hydrogen-bond donors (Lipinski definition) is 0. The summed E-state index contributed by atoms with van der Waals surface area (Å²) in [7, 11) is 2.89. The summed E-state index contributed by atoms with van der Waals surface area (Å²) in [5.41, 5.74) is 0.740. The second kappa shape index (κ2) is 7.45. The molecule has 0 aliphatic carbocycles. The molecule has 0 aromatic heterocycles. The van der Waals surface area contributed by atoms with Crippen molar-refractivity contribution in [3.63, 3.8) is 0 Å². The van der Waals surface area contributed by atoms with Gasteiger partial charge >= 0.3 is 5.97 Å². The van der Waals surface area contributed by atoms with Crippen LogP contribution in [0.5, 0.6) is 11.5 Å². The van der Waals surface area contributed by atoms with Gasteiger partial charge in [0.15, 0.2) is 0 Å². The van der Waals surface area contributed by atoms with E-state index in [1.54, 1.807) is 43.5 Å². The Hall–Kier alpha value is -2.56. The molecular weight excluding hydrogens is 287 g/mol. The summed E-state index contributed by atoms with van der Waals surface area (Å²) in [4.78, 5) is 11.9. The highest BCUT2D eigenvalue weighted by Crippen LogP contribution is 2.22. The SMILES string of the molecule is COC(=O)C(COc1cccc(F)c1)c1ccc(OC)cc1. The Balaban J connectivity index is 2.13. The van der Waals surface area contributed by atoms with Crippen molar-refractivity contribution in [2.24, 2.45) is 0 Å². The van der Waals surface area contributed by atoms with Crippen molar-refractivity contribution >= 4 is 5.97 Å². The summed E-state index contributed by atoms with van der Waals surface area (Å²) in [6.07, 6.45) is 0.